The van der Waals surface area contributed by atoms with Crippen molar-refractivity contribution in [2.75, 3.05) is 27.3 Å². The average Bonchev–Trinajstić information content (AvgIpc) is 2.87. The summed E-state index contributed by atoms with van der Waals surface area (Å²) in [5.74, 6) is -0.0939. The summed E-state index contributed by atoms with van der Waals surface area (Å²) in [7, 11) is 2.89. The Morgan fingerprint density at radius 2 is 1.96 bits per heavy atom. The quantitative estimate of drug-likeness (QED) is 0.449. The smallest absolute Gasteiger partial charge is 0.325 e. The molecule has 0 N–H and O–H groups in total. The minimum atomic E-state index is -0.477. The summed E-state index contributed by atoms with van der Waals surface area (Å²) in [5.41, 5.74) is 1.08. The number of ether oxygens (including phenoxy) is 2. The molecule has 1 heterocycles. The third-order valence-corrected chi connectivity index (χ3v) is 4.85. The minimum Gasteiger partial charge on any atom is -0.493 e. The number of esters is 1. The topological polar surface area (TPSA) is 59.1 Å². The molecule has 0 aromatic heterocycles. The first-order chi connectivity index (χ1) is 13.0. The molecule has 1 aliphatic heterocycles. The molecule has 1 saturated heterocycles. The van der Waals surface area contributed by atoms with Gasteiger partial charge in [0.2, 0.25) is 0 Å². The van der Waals surface area contributed by atoms with E-state index in [1.807, 2.05) is 43.3 Å². The van der Waals surface area contributed by atoms with Crippen LogP contribution in [-0.4, -0.2) is 54.1 Å². The van der Waals surface area contributed by atoms with Gasteiger partial charge in [0.15, 0.2) is 5.11 Å². The highest BCUT2D eigenvalue weighted by Crippen LogP contribution is 2.32. The van der Waals surface area contributed by atoms with Crippen LogP contribution in [-0.2, 0) is 14.3 Å². The second-order valence-corrected chi connectivity index (χ2v) is 6.34. The van der Waals surface area contributed by atoms with E-state index in [9.17, 15) is 9.59 Å². The highest BCUT2D eigenvalue weighted by atomic mass is 32.1. The zero-order valence-corrected chi connectivity index (χ0v) is 16.2. The van der Waals surface area contributed by atoms with Crippen LogP contribution in [0.25, 0.3) is 16.8 Å². The lowest BCUT2D eigenvalue weighted by Gasteiger charge is -2.17. The summed E-state index contributed by atoms with van der Waals surface area (Å²) >= 11 is 5.33. The molecule has 0 aliphatic carbocycles. The molecule has 1 fully saturated rings. The molecule has 0 radical (unpaired) electrons. The molecule has 1 amide bonds. The summed E-state index contributed by atoms with van der Waals surface area (Å²) in [6, 6.07) is 11.7. The van der Waals surface area contributed by atoms with E-state index < -0.39 is 5.97 Å². The summed E-state index contributed by atoms with van der Waals surface area (Å²) in [5, 5.41) is 2.23. The Labute approximate surface area is 162 Å². The van der Waals surface area contributed by atoms with Crippen LogP contribution in [0.4, 0.5) is 0 Å². The van der Waals surface area contributed by atoms with Gasteiger partial charge in [-0.2, -0.15) is 0 Å². The van der Waals surface area contributed by atoms with Gasteiger partial charge in [-0.05, 0) is 42.1 Å². The van der Waals surface area contributed by atoms with Gasteiger partial charge >= 0.3 is 5.97 Å². The van der Waals surface area contributed by atoms with Crippen molar-refractivity contribution < 1.29 is 19.1 Å². The number of hydrogen-bond donors (Lipinski definition) is 0. The van der Waals surface area contributed by atoms with Crippen LogP contribution in [0.1, 0.15) is 12.5 Å². The predicted octanol–water partition coefficient (Wildman–Crippen LogP) is 2.81. The van der Waals surface area contributed by atoms with Crippen molar-refractivity contribution in [2.24, 2.45) is 0 Å². The maximum Gasteiger partial charge on any atom is 0.325 e. The van der Waals surface area contributed by atoms with E-state index in [4.69, 9.17) is 21.7 Å². The van der Waals surface area contributed by atoms with Crippen molar-refractivity contribution in [3.63, 3.8) is 0 Å². The second kappa shape index (κ2) is 7.75. The van der Waals surface area contributed by atoms with Crippen molar-refractivity contribution >= 4 is 46.1 Å². The minimum absolute atomic E-state index is 0.133. The normalized spacial score (nSPS) is 15.7. The highest BCUT2D eigenvalue weighted by Gasteiger charge is 2.37. The van der Waals surface area contributed by atoms with Gasteiger partial charge in [0.05, 0.1) is 13.7 Å². The van der Waals surface area contributed by atoms with Crippen molar-refractivity contribution in [3.8, 4) is 5.75 Å². The Morgan fingerprint density at radius 1 is 1.22 bits per heavy atom. The zero-order valence-electron chi connectivity index (χ0n) is 15.4. The van der Waals surface area contributed by atoms with E-state index in [0.717, 1.165) is 16.3 Å². The number of methoxy groups -OCH3 is 1. The van der Waals surface area contributed by atoms with Crippen molar-refractivity contribution in [2.45, 2.75) is 6.92 Å². The molecule has 2 aromatic rings. The Hall–Kier alpha value is -2.93. The SMILES string of the molecule is CCOc1ccc2ccccc2c1/C=C1/C(=O)N(C)C(=S)N1CC(=O)OC. The van der Waals surface area contributed by atoms with E-state index in [0.29, 0.717) is 18.1 Å². The molecule has 1 aliphatic rings. The molecular formula is C20H20N2O4S. The summed E-state index contributed by atoms with van der Waals surface area (Å²) < 4.78 is 10.5. The maximum absolute atomic E-state index is 12.7. The molecule has 6 nitrogen and oxygen atoms in total. The summed E-state index contributed by atoms with van der Waals surface area (Å²) in [6.07, 6.45) is 1.73. The number of fused-ring (bicyclic) bond motifs is 1. The Bertz CT molecular complexity index is 954. The van der Waals surface area contributed by atoms with Crippen LogP contribution in [0.3, 0.4) is 0 Å². The fraction of sp³-hybridized carbons (Fsp3) is 0.250. The van der Waals surface area contributed by atoms with Crippen molar-refractivity contribution in [1.29, 1.82) is 0 Å². The largest absolute Gasteiger partial charge is 0.493 e. The first-order valence-electron chi connectivity index (χ1n) is 8.50. The number of carbonyl (C=O) groups excluding carboxylic acids is 2. The van der Waals surface area contributed by atoms with Crippen LogP contribution in [0.2, 0.25) is 0 Å². The third-order valence-electron chi connectivity index (χ3n) is 4.36. The van der Waals surface area contributed by atoms with Gasteiger partial charge < -0.3 is 14.4 Å². The molecule has 3 rings (SSSR count). The number of rotatable bonds is 5. The van der Waals surface area contributed by atoms with Gasteiger partial charge in [0.1, 0.15) is 18.0 Å². The zero-order chi connectivity index (χ0) is 19.6. The third kappa shape index (κ3) is 3.50. The lowest BCUT2D eigenvalue weighted by Crippen LogP contribution is -2.33. The second-order valence-electron chi connectivity index (χ2n) is 5.97. The number of thiocarbonyl (C=S) groups is 1. The van der Waals surface area contributed by atoms with Gasteiger partial charge in [0, 0.05) is 12.6 Å². The molecule has 7 heteroatoms. The van der Waals surface area contributed by atoms with Crippen molar-refractivity contribution in [3.05, 3.63) is 47.7 Å². The molecule has 27 heavy (non-hydrogen) atoms. The van der Waals surface area contributed by atoms with Crippen LogP contribution in [0.15, 0.2) is 42.1 Å². The van der Waals surface area contributed by atoms with Gasteiger partial charge in [-0.3, -0.25) is 14.5 Å². The van der Waals surface area contributed by atoms with Gasteiger partial charge in [-0.1, -0.05) is 30.3 Å². The van der Waals surface area contributed by atoms with Gasteiger partial charge in [-0.25, -0.2) is 0 Å². The molecule has 0 spiro atoms. The van der Waals surface area contributed by atoms with Gasteiger partial charge in [-0.15, -0.1) is 0 Å². The number of benzene rings is 2. The molecule has 0 saturated carbocycles. The van der Waals surface area contributed by atoms with E-state index in [-0.39, 0.29) is 17.6 Å². The molecule has 2 aromatic carbocycles. The number of likely N-dealkylation sites (N-methyl/N-ethyl adjacent to an activating group) is 1. The fourth-order valence-corrected chi connectivity index (χ4v) is 3.23. The maximum atomic E-state index is 12.7. The molecule has 0 bridgehead atoms. The van der Waals surface area contributed by atoms with Crippen LogP contribution in [0, 0.1) is 0 Å². The first-order valence-corrected chi connectivity index (χ1v) is 8.91. The van der Waals surface area contributed by atoms with Crippen LogP contribution in [0.5, 0.6) is 5.75 Å². The first kappa shape index (κ1) is 18.8. The average molecular weight is 384 g/mol. The Kier molecular flexibility index (Phi) is 5.41. The number of carbonyl (C=O) groups is 2. The van der Waals surface area contributed by atoms with E-state index in [1.54, 1.807) is 13.1 Å². The monoisotopic (exact) mass is 384 g/mol. The Morgan fingerprint density at radius 3 is 2.67 bits per heavy atom. The van der Waals surface area contributed by atoms with E-state index in [2.05, 4.69) is 0 Å². The number of amides is 1. The molecule has 140 valence electrons. The molecule has 0 unspecified atom stereocenters. The van der Waals surface area contributed by atoms with Crippen LogP contribution < -0.4 is 4.74 Å². The molecule has 0 atom stereocenters. The fourth-order valence-electron chi connectivity index (χ4n) is 2.99. The Balaban J connectivity index is 2.18. The van der Waals surface area contributed by atoms with E-state index >= 15 is 0 Å². The number of nitrogens with zero attached hydrogens (tertiary/aromatic N) is 2. The highest BCUT2D eigenvalue weighted by molar-refractivity contribution is 7.80. The summed E-state index contributed by atoms with van der Waals surface area (Å²) in [4.78, 5) is 27.4. The predicted molar refractivity (Wildman–Crippen MR) is 107 cm³/mol. The van der Waals surface area contributed by atoms with E-state index in [1.165, 1.54) is 16.9 Å². The lowest BCUT2D eigenvalue weighted by atomic mass is 10.0. The summed E-state index contributed by atoms with van der Waals surface area (Å²) in [6.45, 7) is 2.26. The number of hydrogen-bond acceptors (Lipinski definition) is 5. The van der Waals surface area contributed by atoms with Crippen LogP contribution >= 0.6 is 12.2 Å². The molecular weight excluding hydrogens is 364 g/mol. The van der Waals surface area contributed by atoms with Crippen molar-refractivity contribution in [1.82, 2.24) is 9.80 Å². The standard InChI is InChI=1S/C20H20N2O4S/c1-4-26-17-10-9-13-7-5-6-8-14(13)15(17)11-16-19(24)21(2)20(27)22(16)12-18(23)25-3/h5-11H,4,12H2,1-3H3/b16-11-. The van der Waals surface area contributed by atoms with Gasteiger partial charge in [0.25, 0.3) is 5.91 Å². The lowest BCUT2D eigenvalue weighted by molar-refractivity contribution is -0.140.